The predicted octanol–water partition coefficient (Wildman–Crippen LogP) is 6.08. The summed E-state index contributed by atoms with van der Waals surface area (Å²) < 4.78 is 100. The number of ether oxygens (including phenoxy) is 1. The van der Waals surface area contributed by atoms with Crippen LogP contribution in [0, 0.1) is 5.92 Å². The van der Waals surface area contributed by atoms with Gasteiger partial charge in [0.1, 0.15) is 12.4 Å². The molecule has 3 aromatic rings. The van der Waals surface area contributed by atoms with Gasteiger partial charge in [-0.1, -0.05) is 0 Å². The highest BCUT2D eigenvalue weighted by atomic mass is 79.9. The summed E-state index contributed by atoms with van der Waals surface area (Å²) in [4.78, 5) is 21.1. The van der Waals surface area contributed by atoms with Crippen LogP contribution in [0.1, 0.15) is 53.1 Å². The Balaban J connectivity index is 1.58. The third kappa shape index (κ3) is 6.25. The highest BCUT2D eigenvalue weighted by Gasteiger charge is 2.49. The Bertz CT molecular complexity index is 1310. The van der Waals surface area contributed by atoms with Gasteiger partial charge < -0.3 is 10.1 Å². The molecule has 2 aromatic heterocycles. The van der Waals surface area contributed by atoms with Gasteiger partial charge >= 0.3 is 6.18 Å². The molecule has 0 spiro atoms. The summed E-state index contributed by atoms with van der Waals surface area (Å²) in [5, 5.41) is 6.56. The zero-order valence-corrected chi connectivity index (χ0v) is 21.0. The van der Waals surface area contributed by atoms with Gasteiger partial charge in [0.05, 0.1) is 17.8 Å². The maximum atomic E-state index is 14.7. The molecule has 1 atom stereocenters. The summed E-state index contributed by atoms with van der Waals surface area (Å²) in [7, 11) is 0. The van der Waals surface area contributed by atoms with Gasteiger partial charge in [0.25, 0.3) is 18.3 Å². The van der Waals surface area contributed by atoms with Crippen LogP contribution in [0.2, 0.25) is 0 Å². The number of nitrogens with zero attached hydrogens (tertiary/aromatic N) is 4. The summed E-state index contributed by atoms with van der Waals surface area (Å²) in [6.45, 7) is 0.631. The van der Waals surface area contributed by atoms with Crippen molar-refractivity contribution in [2.45, 2.75) is 44.3 Å². The minimum atomic E-state index is -4.95. The molecule has 4 rings (SSSR count). The van der Waals surface area contributed by atoms with E-state index in [0.29, 0.717) is 12.1 Å². The van der Waals surface area contributed by atoms with E-state index in [-0.39, 0.29) is 35.0 Å². The first kappa shape index (κ1) is 27.8. The van der Waals surface area contributed by atoms with Gasteiger partial charge in [-0.25, -0.2) is 27.5 Å². The monoisotopic (exact) mass is 609 g/mol. The molecular formula is C23H19BrF7N5O2. The number of benzene rings is 1. The van der Waals surface area contributed by atoms with E-state index in [1.54, 1.807) is 0 Å². The second-order valence-corrected chi connectivity index (χ2v) is 9.30. The summed E-state index contributed by atoms with van der Waals surface area (Å²) in [6, 6.07) is 3.41. The van der Waals surface area contributed by atoms with Crippen molar-refractivity contribution < 1.29 is 40.3 Å². The van der Waals surface area contributed by atoms with Crippen molar-refractivity contribution in [2.24, 2.45) is 5.92 Å². The number of carbonyl (C=O) groups is 1. The van der Waals surface area contributed by atoms with Gasteiger partial charge in [-0.15, -0.1) is 5.10 Å². The number of aromatic nitrogens is 4. The maximum absolute atomic E-state index is 14.7. The number of hydrogen-bond donors (Lipinski definition) is 1. The number of halogens is 8. The van der Waals surface area contributed by atoms with E-state index in [1.165, 1.54) is 29.9 Å². The standard InChI is InChI=1S/C23H19BrF7N5O2/c1-11(19-34-21(24)35-36(19)18-5-4-16(9-32-18)38-10-17(25)26)33-20(37)12-6-14(22(27,28)13-2-3-13)8-15(7-12)23(29,30)31/h4-9,11,13,17H,2-3,10H2,1H3,(H,33,37). The molecule has 204 valence electrons. The van der Waals surface area contributed by atoms with Gasteiger partial charge in [0, 0.05) is 17.0 Å². The van der Waals surface area contributed by atoms with Gasteiger partial charge in [-0.05, 0) is 66.0 Å². The van der Waals surface area contributed by atoms with Gasteiger partial charge in [-0.2, -0.15) is 17.9 Å². The van der Waals surface area contributed by atoms with Crippen LogP contribution < -0.4 is 10.1 Å². The van der Waals surface area contributed by atoms with E-state index in [9.17, 15) is 35.5 Å². The fourth-order valence-corrected chi connectivity index (χ4v) is 3.97. The highest BCUT2D eigenvalue weighted by Crippen LogP contribution is 2.50. The predicted molar refractivity (Wildman–Crippen MR) is 122 cm³/mol. The average Bonchev–Trinajstić information content (AvgIpc) is 3.64. The molecule has 38 heavy (non-hydrogen) atoms. The van der Waals surface area contributed by atoms with Crippen LogP contribution in [0.15, 0.2) is 41.3 Å². The average molecular weight is 610 g/mol. The minimum absolute atomic E-state index is 0.0690. The largest absolute Gasteiger partial charge is 0.486 e. The van der Waals surface area contributed by atoms with Crippen molar-refractivity contribution >= 4 is 21.8 Å². The third-order valence-corrected chi connectivity index (χ3v) is 5.99. The molecule has 1 aromatic carbocycles. The van der Waals surface area contributed by atoms with Crippen LogP contribution in [0.4, 0.5) is 30.7 Å². The van der Waals surface area contributed by atoms with Crippen LogP contribution in [-0.4, -0.2) is 38.7 Å². The van der Waals surface area contributed by atoms with Crippen molar-refractivity contribution in [3.63, 3.8) is 0 Å². The van der Waals surface area contributed by atoms with Crippen molar-refractivity contribution in [1.82, 2.24) is 25.1 Å². The Morgan fingerprint density at radius 1 is 1.16 bits per heavy atom. The molecule has 1 N–H and O–H groups in total. The van der Waals surface area contributed by atoms with Crippen LogP contribution in [0.3, 0.4) is 0 Å². The summed E-state index contributed by atoms with van der Waals surface area (Å²) in [6.07, 6.45) is -6.09. The van der Waals surface area contributed by atoms with Crippen molar-refractivity contribution in [3.8, 4) is 11.6 Å². The third-order valence-electron chi connectivity index (χ3n) is 5.65. The van der Waals surface area contributed by atoms with E-state index in [4.69, 9.17) is 4.74 Å². The molecule has 0 saturated heterocycles. The van der Waals surface area contributed by atoms with Crippen LogP contribution in [0.25, 0.3) is 5.82 Å². The lowest BCUT2D eigenvalue weighted by molar-refractivity contribution is -0.137. The molecule has 1 aliphatic rings. The Kier molecular flexibility index (Phi) is 7.68. The van der Waals surface area contributed by atoms with Crippen molar-refractivity contribution in [1.29, 1.82) is 0 Å². The first-order valence-corrected chi connectivity index (χ1v) is 12.0. The fourth-order valence-electron chi connectivity index (χ4n) is 3.63. The SMILES string of the molecule is CC(NC(=O)c1cc(C(F)(F)F)cc(C(F)(F)C2CC2)c1)c1nc(Br)nn1-c1ccc(OCC(F)F)cn1. The van der Waals surface area contributed by atoms with Gasteiger partial charge in [-0.3, -0.25) is 4.79 Å². The second-order valence-electron chi connectivity index (χ2n) is 8.59. The lowest BCUT2D eigenvalue weighted by Gasteiger charge is -2.20. The quantitative estimate of drug-likeness (QED) is 0.297. The zero-order valence-electron chi connectivity index (χ0n) is 19.4. The topological polar surface area (TPSA) is 81.9 Å². The van der Waals surface area contributed by atoms with E-state index in [0.717, 1.165) is 6.07 Å². The number of carbonyl (C=O) groups excluding carboxylic acids is 1. The minimum Gasteiger partial charge on any atom is -0.486 e. The van der Waals surface area contributed by atoms with Crippen molar-refractivity contribution in [3.05, 3.63) is 63.8 Å². The highest BCUT2D eigenvalue weighted by molar-refractivity contribution is 9.10. The Morgan fingerprint density at radius 2 is 1.84 bits per heavy atom. The van der Waals surface area contributed by atoms with Crippen LogP contribution in [0.5, 0.6) is 5.75 Å². The smallest absolute Gasteiger partial charge is 0.416 e. The fraction of sp³-hybridized carbons (Fsp3) is 0.391. The molecule has 15 heteroatoms. The van der Waals surface area contributed by atoms with Crippen LogP contribution in [-0.2, 0) is 12.1 Å². The van der Waals surface area contributed by atoms with Gasteiger partial charge in [0.15, 0.2) is 11.6 Å². The van der Waals surface area contributed by atoms with E-state index < -0.39 is 59.7 Å². The van der Waals surface area contributed by atoms with E-state index in [2.05, 4.69) is 36.3 Å². The Labute approximate surface area is 219 Å². The first-order chi connectivity index (χ1) is 17.8. The number of alkyl halides is 7. The van der Waals surface area contributed by atoms with E-state index >= 15 is 0 Å². The van der Waals surface area contributed by atoms with E-state index in [1.807, 2.05) is 0 Å². The van der Waals surface area contributed by atoms with Crippen LogP contribution >= 0.6 is 15.9 Å². The summed E-state index contributed by atoms with van der Waals surface area (Å²) in [5.74, 6) is -5.30. The lowest BCUT2D eigenvalue weighted by Crippen LogP contribution is -2.30. The number of amides is 1. The number of rotatable bonds is 9. The molecule has 2 heterocycles. The molecule has 1 unspecified atom stereocenters. The molecule has 7 nitrogen and oxygen atoms in total. The van der Waals surface area contributed by atoms with Crippen molar-refractivity contribution in [2.75, 3.05) is 6.61 Å². The molecule has 1 amide bonds. The maximum Gasteiger partial charge on any atom is 0.416 e. The molecule has 1 aliphatic carbocycles. The molecule has 1 saturated carbocycles. The summed E-state index contributed by atoms with van der Waals surface area (Å²) in [5.41, 5.74) is -2.83. The summed E-state index contributed by atoms with van der Waals surface area (Å²) >= 11 is 3.10. The molecule has 0 aliphatic heterocycles. The number of pyridine rings is 1. The second kappa shape index (κ2) is 10.5. The number of hydrogen-bond acceptors (Lipinski definition) is 5. The van der Waals surface area contributed by atoms with Gasteiger partial charge in [0.2, 0.25) is 4.73 Å². The Hall–Kier alpha value is -3.23. The molecule has 0 bridgehead atoms. The zero-order chi connectivity index (χ0) is 27.8. The Morgan fingerprint density at radius 3 is 2.42 bits per heavy atom. The normalized spacial score (nSPS) is 15.0. The first-order valence-electron chi connectivity index (χ1n) is 11.2. The molecule has 0 radical (unpaired) electrons. The molecular weight excluding hydrogens is 591 g/mol. The lowest BCUT2D eigenvalue weighted by atomic mass is 9.97. The molecule has 1 fully saturated rings. The number of nitrogens with one attached hydrogen (secondary N) is 1.